The van der Waals surface area contributed by atoms with Crippen molar-refractivity contribution in [3.63, 3.8) is 0 Å². The highest BCUT2D eigenvalue weighted by Crippen LogP contribution is 2.31. The van der Waals surface area contributed by atoms with E-state index in [1.54, 1.807) is 0 Å². The van der Waals surface area contributed by atoms with Crippen LogP contribution in [-0.2, 0) is 9.53 Å². The molecule has 0 bridgehead atoms. The zero-order valence-corrected chi connectivity index (χ0v) is 10.7. The molecule has 0 aliphatic carbocycles. The first-order valence-corrected chi connectivity index (χ1v) is 6.07. The van der Waals surface area contributed by atoms with Gasteiger partial charge in [-0.1, -0.05) is 34.1 Å². The Morgan fingerprint density at radius 1 is 1.50 bits per heavy atom. The molecule has 1 aliphatic heterocycles. The van der Waals surface area contributed by atoms with Crippen molar-refractivity contribution in [1.29, 1.82) is 0 Å². The van der Waals surface area contributed by atoms with Gasteiger partial charge in [-0.05, 0) is 24.0 Å². The van der Waals surface area contributed by atoms with Gasteiger partial charge in [-0.2, -0.15) is 0 Å². The molecule has 1 heterocycles. The number of carbonyl (C=O) groups is 1. The molecule has 2 rings (SSSR count). The second-order valence-corrected chi connectivity index (χ2v) is 4.79. The lowest BCUT2D eigenvalue weighted by Gasteiger charge is -2.11. The quantitative estimate of drug-likeness (QED) is 0.845. The van der Waals surface area contributed by atoms with E-state index in [0.29, 0.717) is 5.92 Å². The van der Waals surface area contributed by atoms with Crippen molar-refractivity contribution in [3.05, 3.63) is 34.3 Å². The minimum Gasteiger partial charge on any atom is -0.468 e. The summed E-state index contributed by atoms with van der Waals surface area (Å²) in [7, 11) is 1.43. The van der Waals surface area contributed by atoms with Gasteiger partial charge in [-0.25, -0.2) is 0 Å². The Morgan fingerprint density at radius 2 is 2.25 bits per heavy atom. The highest BCUT2D eigenvalue weighted by molar-refractivity contribution is 9.10. The molecular formula is C12H14BrNO2. The van der Waals surface area contributed by atoms with E-state index in [2.05, 4.69) is 27.3 Å². The van der Waals surface area contributed by atoms with Crippen LogP contribution in [0.4, 0.5) is 0 Å². The predicted molar refractivity (Wildman–Crippen MR) is 65.3 cm³/mol. The smallest absolute Gasteiger partial charge is 0.322 e. The lowest BCUT2D eigenvalue weighted by molar-refractivity contribution is -0.142. The van der Waals surface area contributed by atoms with Crippen molar-refractivity contribution >= 4 is 21.9 Å². The Balaban J connectivity index is 2.09. The number of hydrogen-bond acceptors (Lipinski definition) is 3. The predicted octanol–water partition coefficient (Wildman–Crippen LogP) is 2.07. The van der Waals surface area contributed by atoms with Gasteiger partial charge < -0.3 is 10.1 Å². The standard InChI is InChI=1S/C12H14BrNO2/c1-16-12(15)11-6-8(7-14-11)9-4-2-3-5-10(9)13/h2-5,8,11,14H,6-7H2,1H3. The molecule has 0 saturated carbocycles. The SMILES string of the molecule is COC(=O)C1CC(c2ccccc2Br)CN1. The second-order valence-electron chi connectivity index (χ2n) is 3.94. The number of benzene rings is 1. The molecule has 0 amide bonds. The summed E-state index contributed by atoms with van der Waals surface area (Å²) in [5.74, 6) is 0.203. The van der Waals surface area contributed by atoms with Crippen molar-refractivity contribution in [3.8, 4) is 0 Å². The van der Waals surface area contributed by atoms with E-state index >= 15 is 0 Å². The zero-order valence-electron chi connectivity index (χ0n) is 9.07. The highest BCUT2D eigenvalue weighted by Gasteiger charge is 2.31. The van der Waals surface area contributed by atoms with Gasteiger partial charge in [0.25, 0.3) is 0 Å². The van der Waals surface area contributed by atoms with E-state index in [1.807, 2.05) is 18.2 Å². The molecule has 2 unspecified atom stereocenters. The maximum atomic E-state index is 11.4. The average molecular weight is 284 g/mol. The number of esters is 1. The van der Waals surface area contributed by atoms with Crippen LogP contribution in [0.25, 0.3) is 0 Å². The van der Waals surface area contributed by atoms with Crippen LogP contribution in [0.1, 0.15) is 17.9 Å². The number of nitrogens with one attached hydrogen (secondary N) is 1. The topological polar surface area (TPSA) is 38.3 Å². The Labute approximate surface area is 103 Å². The third-order valence-corrected chi connectivity index (χ3v) is 3.68. The largest absolute Gasteiger partial charge is 0.468 e. The van der Waals surface area contributed by atoms with Gasteiger partial charge in [-0.15, -0.1) is 0 Å². The van der Waals surface area contributed by atoms with Crippen molar-refractivity contribution in [1.82, 2.24) is 5.32 Å². The minimum atomic E-state index is -0.172. The molecule has 0 spiro atoms. The van der Waals surface area contributed by atoms with Crippen molar-refractivity contribution in [2.24, 2.45) is 0 Å². The van der Waals surface area contributed by atoms with Crippen LogP contribution >= 0.6 is 15.9 Å². The number of ether oxygens (including phenoxy) is 1. The fourth-order valence-electron chi connectivity index (χ4n) is 2.10. The normalized spacial score (nSPS) is 24.4. The summed E-state index contributed by atoms with van der Waals surface area (Å²) in [4.78, 5) is 11.4. The summed E-state index contributed by atoms with van der Waals surface area (Å²) >= 11 is 3.54. The molecule has 1 fully saturated rings. The molecular weight excluding hydrogens is 270 g/mol. The summed E-state index contributed by atoms with van der Waals surface area (Å²) in [6.45, 7) is 0.822. The second kappa shape index (κ2) is 4.97. The Bertz CT molecular complexity index is 394. The van der Waals surface area contributed by atoms with Crippen LogP contribution < -0.4 is 5.32 Å². The van der Waals surface area contributed by atoms with E-state index in [0.717, 1.165) is 17.4 Å². The van der Waals surface area contributed by atoms with Crippen LogP contribution in [0.5, 0.6) is 0 Å². The van der Waals surface area contributed by atoms with E-state index in [4.69, 9.17) is 4.74 Å². The van der Waals surface area contributed by atoms with Crippen LogP contribution in [0.2, 0.25) is 0 Å². The molecule has 1 aromatic carbocycles. The maximum Gasteiger partial charge on any atom is 0.322 e. The van der Waals surface area contributed by atoms with Gasteiger partial charge in [0.2, 0.25) is 0 Å². The number of halogens is 1. The van der Waals surface area contributed by atoms with Crippen LogP contribution in [0, 0.1) is 0 Å². The summed E-state index contributed by atoms with van der Waals surface area (Å²) in [6.07, 6.45) is 0.801. The number of hydrogen-bond donors (Lipinski definition) is 1. The lowest BCUT2D eigenvalue weighted by Crippen LogP contribution is -2.31. The first-order valence-electron chi connectivity index (χ1n) is 5.28. The van der Waals surface area contributed by atoms with Gasteiger partial charge in [0.15, 0.2) is 0 Å². The molecule has 3 nitrogen and oxygen atoms in total. The third-order valence-electron chi connectivity index (χ3n) is 2.96. The highest BCUT2D eigenvalue weighted by atomic mass is 79.9. The molecule has 1 aromatic rings. The summed E-state index contributed by atoms with van der Waals surface area (Å²) < 4.78 is 5.84. The van der Waals surface area contributed by atoms with Crippen molar-refractivity contribution in [2.75, 3.05) is 13.7 Å². The monoisotopic (exact) mass is 283 g/mol. The van der Waals surface area contributed by atoms with Crippen molar-refractivity contribution in [2.45, 2.75) is 18.4 Å². The zero-order chi connectivity index (χ0) is 11.5. The lowest BCUT2D eigenvalue weighted by atomic mass is 9.96. The minimum absolute atomic E-state index is 0.165. The van der Waals surface area contributed by atoms with Crippen LogP contribution in [0.15, 0.2) is 28.7 Å². The maximum absolute atomic E-state index is 11.4. The molecule has 0 radical (unpaired) electrons. The first kappa shape index (κ1) is 11.6. The molecule has 2 atom stereocenters. The summed E-state index contributed by atoms with van der Waals surface area (Å²) in [6, 6.07) is 7.97. The number of methoxy groups -OCH3 is 1. The molecule has 16 heavy (non-hydrogen) atoms. The van der Waals surface area contributed by atoms with E-state index < -0.39 is 0 Å². The summed E-state index contributed by atoms with van der Waals surface area (Å²) in [5, 5.41) is 3.19. The van der Waals surface area contributed by atoms with Crippen LogP contribution in [-0.4, -0.2) is 25.7 Å². The molecule has 4 heteroatoms. The van der Waals surface area contributed by atoms with E-state index in [-0.39, 0.29) is 12.0 Å². The van der Waals surface area contributed by atoms with E-state index in [1.165, 1.54) is 12.7 Å². The fourth-order valence-corrected chi connectivity index (χ4v) is 2.71. The first-order chi connectivity index (χ1) is 7.72. The van der Waals surface area contributed by atoms with Gasteiger partial charge >= 0.3 is 5.97 Å². The average Bonchev–Trinajstić information content (AvgIpc) is 2.78. The van der Waals surface area contributed by atoms with Gasteiger partial charge in [-0.3, -0.25) is 4.79 Å². The summed E-state index contributed by atoms with van der Waals surface area (Å²) in [5.41, 5.74) is 1.25. The van der Waals surface area contributed by atoms with Gasteiger partial charge in [0, 0.05) is 11.0 Å². The molecule has 1 N–H and O–H groups in total. The number of rotatable bonds is 2. The van der Waals surface area contributed by atoms with Gasteiger partial charge in [0.1, 0.15) is 6.04 Å². The third kappa shape index (κ3) is 2.28. The van der Waals surface area contributed by atoms with Gasteiger partial charge in [0.05, 0.1) is 7.11 Å². The van der Waals surface area contributed by atoms with E-state index in [9.17, 15) is 4.79 Å². The molecule has 86 valence electrons. The van der Waals surface area contributed by atoms with Crippen LogP contribution in [0.3, 0.4) is 0 Å². The molecule has 1 aliphatic rings. The Hall–Kier alpha value is -0.870. The fraction of sp³-hybridized carbons (Fsp3) is 0.417. The Morgan fingerprint density at radius 3 is 2.94 bits per heavy atom. The molecule has 1 saturated heterocycles. The Kier molecular flexibility index (Phi) is 3.61. The molecule has 0 aromatic heterocycles. The number of carbonyl (C=O) groups excluding carboxylic acids is 1. The van der Waals surface area contributed by atoms with Crippen molar-refractivity contribution < 1.29 is 9.53 Å².